The quantitative estimate of drug-likeness (QED) is 0.730. The normalized spacial score (nSPS) is 20.6. The van der Waals surface area contributed by atoms with Crippen LogP contribution in [-0.2, 0) is 4.79 Å². The number of carbonyl (C=O) groups is 2. The molecule has 8 heteroatoms. The molecule has 1 saturated carbocycles. The first-order valence-corrected chi connectivity index (χ1v) is 6.92. The number of hydrogen-bond acceptors (Lipinski definition) is 2. The fourth-order valence-corrected chi connectivity index (χ4v) is 2.56. The van der Waals surface area contributed by atoms with E-state index in [4.69, 9.17) is 5.11 Å². The van der Waals surface area contributed by atoms with Gasteiger partial charge in [0.2, 0.25) is 5.54 Å². The third kappa shape index (κ3) is 3.79. The van der Waals surface area contributed by atoms with Crippen LogP contribution in [0.4, 0.5) is 18.0 Å². The summed E-state index contributed by atoms with van der Waals surface area (Å²) in [5.74, 6) is -2.14. The summed E-state index contributed by atoms with van der Waals surface area (Å²) in [5.41, 5.74) is -3.39. The Morgan fingerprint density at radius 3 is 2.14 bits per heavy atom. The van der Waals surface area contributed by atoms with Gasteiger partial charge < -0.3 is 15.7 Å². The lowest BCUT2D eigenvalue weighted by molar-refractivity contribution is -0.203. The van der Waals surface area contributed by atoms with E-state index >= 15 is 0 Å². The van der Waals surface area contributed by atoms with E-state index in [9.17, 15) is 22.8 Å². The number of hydrogen-bond donors (Lipinski definition) is 3. The molecule has 1 aliphatic rings. The van der Waals surface area contributed by atoms with Gasteiger partial charge in [-0.05, 0) is 31.6 Å². The topological polar surface area (TPSA) is 78.4 Å². The van der Waals surface area contributed by atoms with Crippen molar-refractivity contribution in [1.82, 2.24) is 10.6 Å². The summed E-state index contributed by atoms with van der Waals surface area (Å²) in [4.78, 5) is 22.5. The minimum atomic E-state index is -5.08. The molecule has 1 atom stereocenters. The van der Waals surface area contributed by atoms with Crippen molar-refractivity contribution in [2.24, 2.45) is 5.41 Å². The molecule has 5 nitrogen and oxygen atoms in total. The highest BCUT2D eigenvalue weighted by molar-refractivity contribution is 5.86. The van der Waals surface area contributed by atoms with Gasteiger partial charge in [-0.1, -0.05) is 19.8 Å². The Kier molecular flexibility index (Phi) is 5.11. The van der Waals surface area contributed by atoms with Crippen molar-refractivity contribution in [3.05, 3.63) is 0 Å². The lowest BCUT2D eigenvalue weighted by Crippen LogP contribution is -2.64. The fraction of sp³-hybridized carbons (Fsp3) is 0.846. The number of aliphatic carboxylic acids is 1. The average Bonchev–Trinajstić information content (AvgIpc) is 2.84. The molecule has 1 unspecified atom stereocenters. The van der Waals surface area contributed by atoms with E-state index in [-0.39, 0.29) is 12.0 Å². The van der Waals surface area contributed by atoms with Crippen LogP contribution < -0.4 is 10.6 Å². The highest BCUT2D eigenvalue weighted by Crippen LogP contribution is 2.40. The second-order valence-corrected chi connectivity index (χ2v) is 5.80. The number of nitrogens with one attached hydrogen (secondary N) is 2. The Bertz CT molecular complexity index is 406. The second kappa shape index (κ2) is 6.11. The lowest BCUT2D eigenvalue weighted by Gasteiger charge is -2.31. The molecule has 21 heavy (non-hydrogen) atoms. The molecule has 2 amide bonds. The van der Waals surface area contributed by atoms with Crippen LogP contribution in [0, 0.1) is 5.41 Å². The molecule has 1 aliphatic carbocycles. The summed E-state index contributed by atoms with van der Waals surface area (Å²) >= 11 is 0. The van der Waals surface area contributed by atoms with Crippen molar-refractivity contribution in [2.75, 3.05) is 6.54 Å². The summed E-state index contributed by atoms with van der Waals surface area (Å²) in [7, 11) is 0. The van der Waals surface area contributed by atoms with Crippen LogP contribution in [0.5, 0.6) is 0 Å². The maximum absolute atomic E-state index is 12.8. The standard InChI is InChI=1S/C13H21F3N2O3/c1-3-12(6-4-5-7-12)8-17-10(21)18-11(2,9(19)20)13(14,15)16/h3-8H2,1-2H3,(H,19,20)(H2,17,18,21). The molecule has 1 fully saturated rings. The van der Waals surface area contributed by atoms with Crippen molar-refractivity contribution in [2.45, 2.75) is 57.7 Å². The minimum Gasteiger partial charge on any atom is -0.479 e. The predicted molar refractivity (Wildman–Crippen MR) is 69.8 cm³/mol. The van der Waals surface area contributed by atoms with E-state index in [0.29, 0.717) is 6.92 Å². The summed E-state index contributed by atoms with van der Waals surface area (Å²) in [6.07, 6.45) is -0.355. The monoisotopic (exact) mass is 310 g/mol. The predicted octanol–water partition coefficient (Wildman–Crippen LogP) is 2.66. The van der Waals surface area contributed by atoms with E-state index in [0.717, 1.165) is 32.1 Å². The van der Waals surface area contributed by atoms with Gasteiger partial charge in [0.1, 0.15) is 0 Å². The van der Waals surface area contributed by atoms with Crippen LogP contribution in [0.2, 0.25) is 0 Å². The smallest absolute Gasteiger partial charge is 0.422 e. The fourth-order valence-electron chi connectivity index (χ4n) is 2.56. The summed E-state index contributed by atoms with van der Waals surface area (Å²) in [5, 5.41) is 12.6. The Morgan fingerprint density at radius 1 is 1.24 bits per heavy atom. The third-order valence-corrected chi connectivity index (χ3v) is 4.40. The van der Waals surface area contributed by atoms with Gasteiger partial charge >= 0.3 is 18.2 Å². The second-order valence-electron chi connectivity index (χ2n) is 5.80. The zero-order valence-electron chi connectivity index (χ0n) is 12.1. The van der Waals surface area contributed by atoms with Gasteiger partial charge in [0.25, 0.3) is 0 Å². The number of rotatable bonds is 5. The molecule has 0 aromatic carbocycles. The van der Waals surface area contributed by atoms with Crippen molar-refractivity contribution in [3.8, 4) is 0 Å². The lowest BCUT2D eigenvalue weighted by atomic mass is 9.83. The van der Waals surface area contributed by atoms with E-state index in [1.54, 1.807) is 0 Å². The van der Waals surface area contributed by atoms with Gasteiger partial charge in [0.05, 0.1) is 0 Å². The molecular formula is C13H21F3N2O3. The van der Waals surface area contributed by atoms with Crippen molar-refractivity contribution in [1.29, 1.82) is 0 Å². The first kappa shape index (κ1) is 17.6. The number of carboxylic acids is 1. The minimum absolute atomic E-state index is 0.0881. The zero-order chi connectivity index (χ0) is 16.3. The Morgan fingerprint density at radius 2 is 1.76 bits per heavy atom. The van der Waals surface area contributed by atoms with Crippen LogP contribution in [0.3, 0.4) is 0 Å². The number of halogens is 3. The van der Waals surface area contributed by atoms with Crippen LogP contribution >= 0.6 is 0 Å². The molecule has 3 N–H and O–H groups in total. The number of urea groups is 1. The van der Waals surface area contributed by atoms with Crippen LogP contribution in [0.1, 0.15) is 46.0 Å². The number of carboxylic acid groups (broad SMARTS) is 1. The van der Waals surface area contributed by atoms with Gasteiger partial charge in [-0.15, -0.1) is 0 Å². The van der Waals surface area contributed by atoms with Gasteiger partial charge in [0.15, 0.2) is 0 Å². The highest BCUT2D eigenvalue weighted by Gasteiger charge is 2.58. The van der Waals surface area contributed by atoms with Gasteiger partial charge in [0, 0.05) is 6.54 Å². The van der Waals surface area contributed by atoms with Gasteiger partial charge in [-0.3, -0.25) is 0 Å². The SMILES string of the molecule is CCC1(CNC(=O)NC(C)(C(=O)O)C(F)(F)F)CCCC1. The van der Waals surface area contributed by atoms with Gasteiger partial charge in [-0.25, -0.2) is 9.59 Å². The van der Waals surface area contributed by atoms with Crippen molar-refractivity contribution >= 4 is 12.0 Å². The van der Waals surface area contributed by atoms with Crippen molar-refractivity contribution < 1.29 is 27.9 Å². The van der Waals surface area contributed by atoms with Gasteiger partial charge in [-0.2, -0.15) is 13.2 Å². The molecule has 0 aromatic rings. The Balaban J connectivity index is 2.65. The van der Waals surface area contributed by atoms with Crippen molar-refractivity contribution in [3.63, 3.8) is 0 Å². The average molecular weight is 310 g/mol. The van der Waals surface area contributed by atoms with E-state index in [2.05, 4.69) is 5.32 Å². The van der Waals surface area contributed by atoms with E-state index < -0.39 is 23.7 Å². The maximum Gasteiger partial charge on any atom is 0.422 e. The molecule has 122 valence electrons. The first-order valence-electron chi connectivity index (χ1n) is 6.92. The number of alkyl halides is 3. The van der Waals surface area contributed by atoms with E-state index in [1.165, 1.54) is 5.32 Å². The first-order chi connectivity index (χ1) is 9.56. The summed E-state index contributed by atoms with van der Waals surface area (Å²) in [6, 6.07) is -1.11. The number of carbonyl (C=O) groups excluding carboxylic acids is 1. The Hall–Kier alpha value is -1.47. The largest absolute Gasteiger partial charge is 0.479 e. The highest BCUT2D eigenvalue weighted by atomic mass is 19.4. The number of amides is 2. The molecular weight excluding hydrogens is 289 g/mol. The Labute approximate surface area is 121 Å². The molecule has 0 spiro atoms. The molecule has 0 aromatic heterocycles. The molecule has 0 heterocycles. The third-order valence-electron chi connectivity index (χ3n) is 4.40. The van der Waals surface area contributed by atoms with Crippen LogP contribution in [0.15, 0.2) is 0 Å². The molecule has 0 aliphatic heterocycles. The molecule has 1 rings (SSSR count). The molecule has 0 radical (unpaired) electrons. The summed E-state index contributed by atoms with van der Waals surface area (Å²) < 4.78 is 38.3. The van der Waals surface area contributed by atoms with Crippen LogP contribution in [0.25, 0.3) is 0 Å². The zero-order valence-corrected chi connectivity index (χ0v) is 12.1. The molecule has 0 bridgehead atoms. The molecule has 0 saturated heterocycles. The maximum atomic E-state index is 12.8. The van der Waals surface area contributed by atoms with Crippen LogP contribution in [-0.4, -0.2) is 35.4 Å². The van der Waals surface area contributed by atoms with E-state index in [1.807, 2.05) is 6.92 Å². The summed E-state index contributed by atoms with van der Waals surface area (Å²) in [6.45, 7) is 2.66.